The second-order valence-electron chi connectivity index (χ2n) is 27.0. The first-order valence-electron chi connectivity index (χ1n) is 39.1. The summed E-state index contributed by atoms with van der Waals surface area (Å²) in [6.45, 7) is 4.99. The van der Waals surface area contributed by atoms with E-state index in [1.54, 1.807) is 0 Å². The summed E-state index contributed by atoms with van der Waals surface area (Å²) in [4.78, 5) is 24.6. The number of ether oxygens (including phenoxy) is 1. The van der Waals surface area contributed by atoms with Gasteiger partial charge in [0.15, 0.2) is 0 Å². The van der Waals surface area contributed by atoms with E-state index in [4.69, 9.17) is 4.74 Å². The van der Waals surface area contributed by atoms with Crippen LogP contribution in [-0.4, -0.2) is 47.4 Å². The molecule has 0 spiro atoms. The molecule has 0 fully saturated rings. The van der Waals surface area contributed by atoms with E-state index in [1.165, 1.54) is 366 Å². The van der Waals surface area contributed by atoms with Gasteiger partial charge < -0.3 is 20.3 Å². The molecule has 3 N–H and O–H groups in total. The Morgan fingerprint density at radius 1 is 0.318 bits per heavy atom. The molecule has 2 unspecified atom stereocenters. The van der Waals surface area contributed by atoms with Crippen LogP contribution in [-0.2, 0) is 14.3 Å². The van der Waals surface area contributed by atoms with Crippen molar-refractivity contribution in [2.75, 3.05) is 13.2 Å². The zero-order valence-electron chi connectivity index (χ0n) is 57.9. The number of aliphatic hydroxyl groups excluding tert-OH is 2. The summed E-state index contributed by atoms with van der Waals surface area (Å²) >= 11 is 0. The minimum Gasteiger partial charge on any atom is -0.466 e. The molecule has 0 aliphatic heterocycles. The summed E-state index contributed by atoms with van der Waals surface area (Å²) in [6.07, 6.45) is 95.6. The molecule has 0 saturated heterocycles. The number of allylic oxidation sites excluding steroid dienone is 4. The molecule has 2 atom stereocenters. The third kappa shape index (κ3) is 71.3. The average Bonchev–Trinajstić information content (AvgIpc) is 3.52. The van der Waals surface area contributed by atoms with Gasteiger partial charge in [-0.2, -0.15) is 0 Å². The minimum absolute atomic E-state index is 0.0182. The number of carbonyl (C=O) groups excluding carboxylic acids is 2. The normalized spacial score (nSPS) is 12.6. The van der Waals surface area contributed by atoms with Crippen LogP contribution in [0.15, 0.2) is 24.3 Å². The van der Waals surface area contributed by atoms with Crippen LogP contribution in [0, 0.1) is 0 Å². The molecule has 0 aromatic heterocycles. The second kappa shape index (κ2) is 74.8. The summed E-state index contributed by atoms with van der Waals surface area (Å²) in [6, 6.07) is -0.538. The Balaban J connectivity index is 3.32. The van der Waals surface area contributed by atoms with Gasteiger partial charge in [0.25, 0.3) is 0 Å². The Labute approximate surface area is 532 Å². The first-order chi connectivity index (χ1) is 42.0. The molecule has 0 saturated carbocycles. The Hall–Kier alpha value is -1.66. The zero-order chi connectivity index (χ0) is 61.3. The molecule has 504 valence electrons. The maximum atomic E-state index is 12.5. The van der Waals surface area contributed by atoms with Crippen molar-refractivity contribution in [3.05, 3.63) is 24.3 Å². The molecule has 0 aliphatic carbocycles. The fraction of sp³-hybridized carbons (Fsp3) is 0.924. The molecule has 0 rings (SSSR count). The van der Waals surface area contributed by atoms with Crippen LogP contribution in [0.2, 0.25) is 0 Å². The number of aliphatic hydroxyl groups is 2. The average molecular weight is 1200 g/mol. The van der Waals surface area contributed by atoms with Gasteiger partial charge in [-0.1, -0.05) is 378 Å². The van der Waals surface area contributed by atoms with Gasteiger partial charge in [0.2, 0.25) is 5.91 Å². The lowest BCUT2D eigenvalue weighted by Gasteiger charge is -2.22. The van der Waals surface area contributed by atoms with E-state index in [0.717, 1.165) is 44.9 Å². The smallest absolute Gasteiger partial charge is 0.305 e. The Bertz CT molecular complexity index is 1330. The molecular weight excluding hydrogens is 1040 g/mol. The van der Waals surface area contributed by atoms with Gasteiger partial charge in [-0.15, -0.1) is 0 Å². The van der Waals surface area contributed by atoms with E-state index in [0.29, 0.717) is 25.9 Å². The van der Waals surface area contributed by atoms with Crippen LogP contribution >= 0.6 is 0 Å². The van der Waals surface area contributed by atoms with Crippen molar-refractivity contribution >= 4 is 11.9 Å². The predicted octanol–water partition coefficient (Wildman–Crippen LogP) is 25.7. The lowest BCUT2D eigenvalue weighted by molar-refractivity contribution is -0.143. The van der Waals surface area contributed by atoms with E-state index >= 15 is 0 Å². The molecule has 0 radical (unpaired) electrons. The van der Waals surface area contributed by atoms with E-state index in [1.807, 2.05) is 0 Å². The molecule has 0 bridgehead atoms. The number of rotatable bonds is 74. The summed E-state index contributed by atoms with van der Waals surface area (Å²) in [5.74, 6) is -0.00971. The highest BCUT2D eigenvalue weighted by molar-refractivity contribution is 5.76. The fourth-order valence-corrected chi connectivity index (χ4v) is 12.5. The van der Waals surface area contributed by atoms with Crippen LogP contribution in [0.3, 0.4) is 0 Å². The highest BCUT2D eigenvalue weighted by atomic mass is 16.5. The van der Waals surface area contributed by atoms with Crippen molar-refractivity contribution < 1.29 is 24.5 Å². The lowest BCUT2D eigenvalue weighted by atomic mass is 10.0. The van der Waals surface area contributed by atoms with E-state index in [-0.39, 0.29) is 18.5 Å². The van der Waals surface area contributed by atoms with Gasteiger partial charge in [-0.05, 0) is 77.0 Å². The highest BCUT2D eigenvalue weighted by Crippen LogP contribution is 2.20. The van der Waals surface area contributed by atoms with Gasteiger partial charge in [-0.25, -0.2) is 0 Å². The van der Waals surface area contributed by atoms with Crippen LogP contribution in [0.4, 0.5) is 0 Å². The van der Waals surface area contributed by atoms with Crippen LogP contribution < -0.4 is 5.32 Å². The first-order valence-corrected chi connectivity index (χ1v) is 39.1. The maximum absolute atomic E-state index is 12.5. The lowest BCUT2D eigenvalue weighted by Crippen LogP contribution is -2.45. The minimum atomic E-state index is -0.661. The van der Waals surface area contributed by atoms with Crippen molar-refractivity contribution in [3.8, 4) is 0 Å². The molecule has 85 heavy (non-hydrogen) atoms. The molecule has 0 heterocycles. The second-order valence-corrected chi connectivity index (χ2v) is 27.0. The van der Waals surface area contributed by atoms with Crippen molar-refractivity contribution in [2.45, 2.75) is 456 Å². The summed E-state index contributed by atoms with van der Waals surface area (Å²) in [5.41, 5.74) is 0. The molecule has 0 aromatic rings. The number of carbonyl (C=O) groups is 2. The largest absolute Gasteiger partial charge is 0.466 e. The molecule has 6 nitrogen and oxygen atoms in total. The van der Waals surface area contributed by atoms with Gasteiger partial charge in [0, 0.05) is 12.8 Å². The van der Waals surface area contributed by atoms with Crippen molar-refractivity contribution in [1.82, 2.24) is 5.32 Å². The third-order valence-electron chi connectivity index (χ3n) is 18.5. The van der Waals surface area contributed by atoms with Crippen molar-refractivity contribution in [1.29, 1.82) is 0 Å². The summed E-state index contributed by atoms with van der Waals surface area (Å²) in [7, 11) is 0. The maximum Gasteiger partial charge on any atom is 0.305 e. The number of amides is 1. The topological polar surface area (TPSA) is 95.9 Å². The number of nitrogens with one attached hydrogen (secondary N) is 1. The zero-order valence-corrected chi connectivity index (χ0v) is 57.9. The number of unbranched alkanes of at least 4 members (excludes halogenated alkanes) is 59. The van der Waals surface area contributed by atoms with E-state index < -0.39 is 12.1 Å². The first kappa shape index (κ1) is 83.3. The molecule has 1 amide bonds. The van der Waals surface area contributed by atoms with Crippen molar-refractivity contribution in [3.63, 3.8) is 0 Å². The van der Waals surface area contributed by atoms with Gasteiger partial charge in [0.05, 0.1) is 25.4 Å². The summed E-state index contributed by atoms with van der Waals surface area (Å²) < 4.78 is 5.51. The molecular formula is C79H153NO5. The molecule has 0 aliphatic rings. The predicted molar refractivity (Wildman–Crippen MR) is 375 cm³/mol. The summed E-state index contributed by atoms with van der Waals surface area (Å²) in [5, 5.41) is 23.4. The van der Waals surface area contributed by atoms with Crippen LogP contribution in [0.25, 0.3) is 0 Å². The van der Waals surface area contributed by atoms with Gasteiger partial charge in [-0.3, -0.25) is 9.59 Å². The fourth-order valence-electron chi connectivity index (χ4n) is 12.5. The monoisotopic (exact) mass is 1200 g/mol. The number of esters is 1. The third-order valence-corrected chi connectivity index (χ3v) is 18.5. The van der Waals surface area contributed by atoms with Crippen LogP contribution in [0.5, 0.6) is 0 Å². The quantitative estimate of drug-likeness (QED) is 0.0320. The standard InChI is InChI=1S/C79H153NO5/c1-3-5-7-9-11-13-15-17-19-20-41-45-49-53-57-61-65-69-73-79(84)85-74-70-66-62-58-54-50-46-42-39-37-35-33-31-29-27-25-23-21-22-24-26-28-30-32-34-36-38-40-44-48-52-56-60-64-68-72-78(83)80-76(75-81)77(82)71-67-63-59-55-51-47-43-18-16-14-12-10-8-6-4-2/h19-20,23,25,76-77,81-82H,3-18,21-22,24,26-75H2,1-2H3,(H,80,83)/b20-19-,25-23-. The number of hydrogen-bond acceptors (Lipinski definition) is 5. The van der Waals surface area contributed by atoms with E-state index in [2.05, 4.69) is 43.5 Å². The highest BCUT2D eigenvalue weighted by Gasteiger charge is 2.20. The molecule has 0 aromatic carbocycles. The van der Waals surface area contributed by atoms with Crippen molar-refractivity contribution in [2.24, 2.45) is 0 Å². The Kier molecular flexibility index (Phi) is 73.3. The van der Waals surface area contributed by atoms with Gasteiger partial charge in [0.1, 0.15) is 0 Å². The Morgan fingerprint density at radius 2 is 0.553 bits per heavy atom. The van der Waals surface area contributed by atoms with Crippen LogP contribution in [0.1, 0.15) is 444 Å². The Morgan fingerprint density at radius 3 is 0.835 bits per heavy atom. The van der Waals surface area contributed by atoms with E-state index in [9.17, 15) is 19.8 Å². The number of hydrogen-bond donors (Lipinski definition) is 3. The van der Waals surface area contributed by atoms with Gasteiger partial charge >= 0.3 is 5.97 Å². The molecule has 6 heteroatoms. The SMILES string of the molecule is CCCCCCCCC/C=C\CCCCCCCCCC(=O)OCCCCCCCCCCCCCCCC/C=C\CCCCCCCCCCCCCCCCCCCC(=O)NC(CO)C(O)CCCCCCCCCCCCCCCCC.